The van der Waals surface area contributed by atoms with Gasteiger partial charge in [0.2, 0.25) is 0 Å². The predicted octanol–water partition coefficient (Wildman–Crippen LogP) is 4.17. The van der Waals surface area contributed by atoms with Crippen LogP contribution in [0.15, 0.2) is 67.3 Å². The summed E-state index contributed by atoms with van der Waals surface area (Å²) in [5.74, 6) is 0.461. The van der Waals surface area contributed by atoms with Crippen molar-refractivity contribution in [2.24, 2.45) is 0 Å². The molecule has 0 fully saturated rings. The maximum atomic E-state index is 13.0. The summed E-state index contributed by atoms with van der Waals surface area (Å²) in [6.45, 7) is 6.52. The minimum Gasteiger partial charge on any atom is -0.497 e. The number of methoxy groups -OCH3 is 2. The Balaban J connectivity index is 2.65. The van der Waals surface area contributed by atoms with Crippen molar-refractivity contribution in [3.8, 4) is 5.75 Å². The quantitative estimate of drug-likeness (QED) is 0.534. The van der Waals surface area contributed by atoms with Gasteiger partial charge in [0.1, 0.15) is 5.75 Å². The first-order valence-corrected chi connectivity index (χ1v) is 8.30. The highest BCUT2D eigenvalue weighted by molar-refractivity contribution is 5.87. The van der Waals surface area contributed by atoms with Gasteiger partial charge >= 0.3 is 5.97 Å². The molecule has 0 aliphatic heterocycles. The summed E-state index contributed by atoms with van der Waals surface area (Å²) in [7, 11) is 3.05. The minimum absolute atomic E-state index is 0.309. The number of hydrogen-bond donors (Lipinski definition) is 0. The molecule has 2 aromatic rings. The van der Waals surface area contributed by atoms with Gasteiger partial charge in [0, 0.05) is 18.7 Å². The normalized spacial score (nSPS) is 12.8. The molecule has 0 aromatic heterocycles. The average molecular weight is 339 g/mol. The molecule has 4 heteroatoms. The smallest absolute Gasteiger partial charge is 0.336 e. The fourth-order valence-electron chi connectivity index (χ4n) is 3.22. The van der Waals surface area contributed by atoms with Gasteiger partial charge in [-0.25, -0.2) is 4.79 Å². The summed E-state index contributed by atoms with van der Waals surface area (Å²) in [5, 5.41) is 0. The SMILES string of the molecule is C=CC[C@@](C(=O)OC)(c1ccccc1)N(CC)c1ccc(OC)cc1. The maximum absolute atomic E-state index is 13.0. The molecule has 2 aromatic carbocycles. The van der Waals surface area contributed by atoms with E-state index in [1.54, 1.807) is 13.2 Å². The molecule has 132 valence electrons. The van der Waals surface area contributed by atoms with Gasteiger partial charge < -0.3 is 14.4 Å². The van der Waals surface area contributed by atoms with Crippen LogP contribution in [0.2, 0.25) is 0 Å². The molecule has 0 saturated heterocycles. The van der Waals surface area contributed by atoms with Gasteiger partial charge in [-0.2, -0.15) is 0 Å². The second-order valence-corrected chi connectivity index (χ2v) is 5.65. The van der Waals surface area contributed by atoms with Crippen molar-refractivity contribution in [1.29, 1.82) is 0 Å². The lowest BCUT2D eigenvalue weighted by Crippen LogP contribution is -2.52. The largest absolute Gasteiger partial charge is 0.497 e. The summed E-state index contributed by atoms with van der Waals surface area (Å²) in [6.07, 6.45) is 2.19. The van der Waals surface area contributed by atoms with Crippen molar-refractivity contribution in [3.05, 3.63) is 72.8 Å². The zero-order valence-corrected chi connectivity index (χ0v) is 15.1. The highest BCUT2D eigenvalue weighted by Crippen LogP contribution is 2.38. The molecule has 0 heterocycles. The van der Waals surface area contributed by atoms with Crippen LogP contribution in [0.5, 0.6) is 5.75 Å². The van der Waals surface area contributed by atoms with Crippen LogP contribution < -0.4 is 9.64 Å². The monoisotopic (exact) mass is 339 g/mol. The van der Waals surface area contributed by atoms with E-state index in [4.69, 9.17) is 9.47 Å². The van der Waals surface area contributed by atoms with Gasteiger partial charge in [0.25, 0.3) is 0 Å². The number of nitrogens with zero attached hydrogens (tertiary/aromatic N) is 1. The number of benzene rings is 2. The second kappa shape index (κ2) is 8.38. The predicted molar refractivity (Wildman–Crippen MR) is 101 cm³/mol. The number of esters is 1. The van der Waals surface area contributed by atoms with Crippen molar-refractivity contribution in [3.63, 3.8) is 0 Å². The minimum atomic E-state index is -0.971. The summed E-state index contributed by atoms with van der Waals surface area (Å²) in [4.78, 5) is 15.0. The molecule has 0 aliphatic rings. The molecule has 0 N–H and O–H groups in total. The third kappa shape index (κ3) is 3.53. The van der Waals surface area contributed by atoms with Crippen LogP contribution in [0.3, 0.4) is 0 Å². The van der Waals surface area contributed by atoms with Crippen LogP contribution in [0.1, 0.15) is 18.9 Å². The molecule has 0 radical (unpaired) electrons. The molecule has 0 saturated carbocycles. The van der Waals surface area contributed by atoms with E-state index in [0.29, 0.717) is 13.0 Å². The van der Waals surface area contributed by atoms with E-state index in [1.165, 1.54) is 7.11 Å². The van der Waals surface area contributed by atoms with Gasteiger partial charge in [0.05, 0.1) is 14.2 Å². The molecule has 2 rings (SSSR count). The number of hydrogen-bond acceptors (Lipinski definition) is 4. The lowest BCUT2D eigenvalue weighted by atomic mass is 9.84. The van der Waals surface area contributed by atoms with E-state index < -0.39 is 5.54 Å². The number of ether oxygens (including phenoxy) is 2. The van der Waals surface area contributed by atoms with Crippen LogP contribution in [0.4, 0.5) is 5.69 Å². The van der Waals surface area contributed by atoms with Crippen molar-refractivity contribution >= 4 is 11.7 Å². The van der Waals surface area contributed by atoms with E-state index in [0.717, 1.165) is 17.0 Å². The Labute approximate surface area is 149 Å². The van der Waals surface area contributed by atoms with Crippen LogP contribution >= 0.6 is 0 Å². The summed E-state index contributed by atoms with van der Waals surface area (Å²) >= 11 is 0. The average Bonchev–Trinajstić information content (AvgIpc) is 2.68. The summed E-state index contributed by atoms with van der Waals surface area (Å²) in [5.41, 5.74) is 0.819. The molecular formula is C21H25NO3. The van der Waals surface area contributed by atoms with Crippen LogP contribution in [0.25, 0.3) is 0 Å². The topological polar surface area (TPSA) is 38.8 Å². The Hall–Kier alpha value is -2.75. The fourth-order valence-corrected chi connectivity index (χ4v) is 3.22. The van der Waals surface area contributed by atoms with Gasteiger partial charge in [-0.1, -0.05) is 36.4 Å². The number of carbonyl (C=O) groups is 1. The summed E-state index contributed by atoms with van der Waals surface area (Å²) < 4.78 is 10.5. The zero-order chi connectivity index (χ0) is 18.3. The Bertz CT molecular complexity index is 697. The lowest BCUT2D eigenvalue weighted by Gasteiger charge is -2.42. The zero-order valence-electron chi connectivity index (χ0n) is 15.1. The second-order valence-electron chi connectivity index (χ2n) is 5.65. The standard InChI is InChI=1S/C21H25NO3/c1-5-16-21(20(23)25-4,17-10-8-7-9-11-17)22(6-2)18-12-14-19(24-3)15-13-18/h5,7-15H,1,6,16H2,2-4H3/t21-/m0/s1. The fraction of sp³-hybridized carbons (Fsp3) is 0.286. The Morgan fingerprint density at radius 2 is 1.76 bits per heavy atom. The first-order chi connectivity index (χ1) is 12.1. The molecule has 0 bridgehead atoms. The number of rotatable bonds is 8. The van der Waals surface area contributed by atoms with Crippen LogP contribution in [-0.4, -0.2) is 26.7 Å². The molecule has 0 spiro atoms. The first-order valence-electron chi connectivity index (χ1n) is 8.30. The third-order valence-corrected chi connectivity index (χ3v) is 4.38. The van der Waals surface area contributed by atoms with Crippen molar-refractivity contribution in [2.75, 3.05) is 25.7 Å². The molecule has 25 heavy (non-hydrogen) atoms. The van der Waals surface area contributed by atoms with E-state index in [9.17, 15) is 4.79 Å². The van der Waals surface area contributed by atoms with Gasteiger partial charge in [-0.05, 0) is 36.8 Å². The number of anilines is 1. The Kier molecular flexibility index (Phi) is 6.23. The molecule has 0 amide bonds. The van der Waals surface area contributed by atoms with Crippen molar-refractivity contribution < 1.29 is 14.3 Å². The van der Waals surface area contributed by atoms with Gasteiger partial charge in [-0.3, -0.25) is 0 Å². The highest BCUT2D eigenvalue weighted by Gasteiger charge is 2.45. The third-order valence-electron chi connectivity index (χ3n) is 4.38. The number of likely N-dealkylation sites (N-methyl/N-ethyl adjacent to an activating group) is 1. The molecular weight excluding hydrogens is 314 g/mol. The van der Waals surface area contributed by atoms with Crippen molar-refractivity contribution in [1.82, 2.24) is 0 Å². The lowest BCUT2D eigenvalue weighted by molar-refractivity contribution is -0.147. The molecule has 0 aliphatic carbocycles. The van der Waals surface area contributed by atoms with Gasteiger partial charge in [0.15, 0.2) is 5.54 Å². The Morgan fingerprint density at radius 3 is 2.24 bits per heavy atom. The van der Waals surface area contributed by atoms with Crippen LogP contribution in [0, 0.1) is 0 Å². The number of carbonyl (C=O) groups excluding carboxylic acids is 1. The molecule has 0 unspecified atom stereocenters. The van der Waals surface area contributed by atoms with E-state index in [-0.39, 0.29) is 5.97 Å². The first kappa shape index (κ1) is 18.6. The highest BCUT2D eigenvalue weighted by atomic mass is 16.5. The maximum Gasteiger partial charge on any atom is 0.336 e. The van der Waals surface area contributed by atoms with E-state index in [1.807, 2.05) is 61.5 Å². The Morgan fingerprint density at radius 1 is 1.12 bits per heavy atom. The van der Waals surface area contributed by atoms with Crippen LogP contribution in [-0.2, 0) is 15.1 Å². The van der Waals surface area contributed by atoms with E-state index >= 15 is 0 Å². The van der Waals surface area contributed by atoms with Crippen molar-refractivity contribution in [2.45, 2.75) is 18.9 Å². The van der Waals surface area contributed by atoms with E-state index in [2.05, 4.69) is 11.5 Å². The summed E-state index contributed by atoms with van der Waals surface area (Å²) in [6, 6.07) is 17.4. The molecule has 1 atom stereocenters. The molecule has 4 nitrogen and oxygen atoms in total. The van der Waals surface area contributed by atoms with Gasteiger partial charge in [-0.15, -0.1) is 6.58 Å².